The quantitative estimate of drug-likeness (QED) is 0.796. The first kappa shape index (κ1) is 16.4. The highest BCUT2D eigenvalue weighted by Crippen LogP contribution is 2.37. The van der Waals surface area contributed by atoms with Crippen molar-refractivity contribution in [1.29, 1.82) is 0 Å². The Morgan fingerprint density at radius 3 is 2.52 bits per heavy atom. The van der Waals surface area contributed by atoms with Gasteiger partial charge in [-0.25, -0.2) is 0 Å². The Morgan fingerprint density at radius 2 is 2.05 bits per heavy atom. The van der Waals surface area contributed by atoms with Gasteiger partial charge >= 0.3 is 6.18 Å². The summed E-state index contributed by atoms with van der Waals surface area (Å²) in [5.41, 5.74) is 5.48. The van der Waals surface area contributed by atoms with Gasteiger partial charge in [0.05, 0.1) is 12.8 Å². The van der Waals surface area contributed by atoms with Crippen molar-refractivity contribution in [3.05, 3.63) is 24.2 Å². The van der Waals surface area contributed by atoms with Crippen molar-refractivity contribution in [2.45, 2.75) is 63.3 Å². The number of nitrogens with zero attached hydrogens (tertiary/aromatic N) is 1. The maximum atomic E-state index is 12.4. The van der Waals surface area contributed by atoms with E-state index < -0.39 is 18.1 Å². The molecule has 1 aliphatic rings. The lowest BCUT2D eigenvalue weighted by Gasteiger charge is -2.41. The average Bonchev–Trinajstić information content (AvgIpc) is 3.11. The largest absolute Gasteiger partial charge is 0.468 e. The molecule has 2 N–H and O–H groups in total. The van der Waals surface area contributed by atoms with Gasteiger partial charge in [0, 0.05) is 24.5 Å². The molecule has 1 aromatic heterocycles. The lowest BCUT2D eigenvalue weighted by atomic mass is 9.92. The van der Waals surface area contributed by atoms with E-state index in [0.29, 0.717) is 25.6 Å². The fourth-order valence-electron chi connectivity index (χ4n) is 2.75. The van der Waals surface area contributed by atoms with Crippen LogP contribution in [-0.2, 0) is 6.54 Å². The molecule has 0 aromatic carbocycles. The lowest BCUT2D eigenvalue weighted by molar-refractivity contribution is -0.137. The summed E-state index contributed by atoms with van der Waals surface area (Å²) in [6.45, 7) is 2.92. The van der Waals surface area contributed by atoms with E-state index in [0.717, 1.165) is 18.6 Å². The molecule has 0 saturated heterocycles. The Hall–Kier alpha value is -1.01. The van der Waals surface area contributed by atoms with Gasteiger partial charge in [0.15, 0.2) is 0 Å². The molecule has 1 heterocycles. The van der Waals surface area contributed by atoms with Crippen LogP contribution in [0.2, 0.25) is 0 Å². The molecule has 0 aliphatic heterocycles. The summed E-state index contributed by atoms with van der Waals surface area (Å²) < 4.78 is 42.4. The third-order valence-corrected chi connectivity index (χ3v) is 4.20. The van der Waals surface area contributed by atoms with Crippen LogP contribution in [0.25, 0.3) is 0 Å². The van der Waals surface area contributed by atoms with Gasteiger partial charge in [0.25, 0.3) is 0 Å². The fraction of sp³-hybridized carbons (Fsp3) is 0.733. The molecule has 1 fully saturated rings. The summed E-state index contributed by atoms with van der Waals surface area (Å²) >= 11 is 0. The Morgan fingerprint density at radius 1 is 1.33 bits per heavy atom. The smallest absolute Gasteiger partial charge is 0.389 e. The highest BCUT2D eigenvalue weighted by atomic mass is 19.4. The van der Waals surface area contributed by atoms with E-state index in [4.69, 9.17) is 10.2 Å². The van der Waals surface area contributed by atoms with Gasteiger partial charge in [0.2, 0.25) is 0 Å². The molecule has 1 aromatic rings. The van der Waals surface area contributed by atoms with Crippen molar-refractivity contribution in [2.75, 3.05) is 6.54 Å². The molecule has 6 heteroatoms. The zero-order valence-electron chi connectivity index (χ0n) is 12.3. The molecular formula is C15H23F3N2O. The zero-order chi connectivity index (χ0) is 15.5. The van der Waals surface area contributed by atoms with Gasteiger partial charge in [-0.1, -0.05) is 0 Å². The minimum Gasteiger partial charge on any atom is -0.468 e. The van der Waals surface area contributed by atoms with Gasteiger partial charge in [-0.2, -0.15) is 13.2 Å². The van der Waals surface area contributed by atoms with Crippen LogP contribution in [0.5, 0.6) is 0 Å². The van der Waals surface area contributed by atoms with Gasteiger partial charge in [-0.05, 0) is 44.7 Å². The van der Waals surface area contributed by atoms with Crippen LogP contribution in [-0.4, -0.2) is 29.2 Å². The van der Waals surface area contributed by atoms with E-state index in [9.17, 15) is 13.2 Å². The minimum atomic E-state index is -4.10. The van der Waals surface area contributed by atoms with Crippen LogP contribution in [0.3, 0.4) is 0 Å². The Labute approximate surface area is 123 Å². The fourth-order valence-corrected chi connectivity index (χ4v) is 2.75. The van der Waals surface area contributed by atoms with E-state index in [1.165, 1.54) is 0 Å². The van der Waals surface area contributed by atoms with Crippen molar-refractivity contribution >= 4 is 0 Å². The van der Waals surface area contributed by atoms with E-state index in [-0.39, 0.29) is 6.42 Å². The molecule has 21 heavy (non-hydrogen) atoms. The Balaban J connectivity index is 2.00. The summed E-state index contributed by atoms with van der Waals surface area (Å²) in [5, 5.41) is 0. The molecule has 0 radical (unpaired) electrons. The lowest BCUT2D eigenvalue weighted by Crippen LogP contribution is -2.52. The first-order valence-corrected chi connectivity index (χ1v) is 7.40. The standard InChI is InChI=1S/C15H23F3N2O/c1-14(11-19,7-3-8-15(16,17)18)20(12-5-6-12)10-13-4-2-9-21-13/h2,4,9,12H,3,5-8,10-11,19H2,1H3. The summed E-state index contributed by atoms with van der Waals surface area (Å²) in [6.07, 6.45) is -0.517. The second-order valence-corrected chi connectivity index (χ2v) is 6.11. The molecule has 0 bridgehead atoms. The van der Waals surface area contributed by atoms with Crippen molar-refractivity contribution < 1.29 is 17.6 Å². The molecule has 1 atom stereocenters. The number of rotatable bonds is 8. The monoisotopic (exact) mass is 304 g/mol. The first-order chi connectivity index (χ1) is 9.84. The Kier molecular flexibility index (Phi) is 4.99. The van der Waals surface area contributed by atoms with Crippen LogP contribution in [0, 0.1) is 0 Å². The van der Waals surface area contributed by atoms with Gasteiger partial charge in [-0.15, -0.1) is 0 Å². The molecule has 1 unspecified atom stereocenters. The van der Waals surface area contributed by atoms with Gasteiger partial charge in [-0.3, -0.25) is 4.90 Å². The maximum absolute atomic E-state index is 12.4. The van der Waals surface area contributed by atoms with E-state index in [1.807, 2.05) is 19.1 Å². The summed E-state index contributed by atoms with van der Waals surface area (Å²) in [4.78, 5) is 2.22. The molecule has 3 nitrogen and oxygen atoms in total. The van der Waals surface area contributed by atoms with Gasteiger partial charge in [0.1, 0.15) is 5.76 Å². The van der Waals surface area contributed by atoms with Crippen molar-refractivity contribution in [1.82, 2.24) is 4.90 Å². The number of nitrogens with two attached hydrogens (primary N) is 1. The number of hydrogen-bond acceptors (Lipinski definition) is 3. The number of alkyl halides is 3. The SMILES string of the molecule is CC(CN)(CCCC(F)(F)F)N(Cc1ccco1)C1CC1. The minimum absolute atomic E-state index is 0.110. The molecule has 2 rings (SSSR count). The van der Waals surface area contributed by atoms with Crippen LogP contribution in [0.1, 0.15) is 44.8 Å². The molecule has 0 spiro atoms. The second-order valence-electron chi connectivity index (χ2n) is 6.11. The predicted molar refractivity (Wildman–Crippen MR) is 74.6 cm³/mol. The highest BCUT2D eigenvalue weighted by Gasteiger charge is 2.41. The molecule has 0 amide bonds. The highest BCUT2D eigenvalue weighted by molar-refractivity contribution is 5.04. The molecular weight excluding hydrogens is 281 g/mol. The topological polar surface area (TPSA) is 42.4 Å². The molecule has 120 valence electrons. The Bertz CT molecular complexity index is 429. The average molecular weight is 304 g/mol. The normalized spacial score (nSPS) is 19.0. The number of halogens is 3. The summed E-state index contributed by atoms with van der Waals surface area (Å²) in [7, 11) is 0. The van der Waals surface area contributed by atoms with Crippen LogP contribution in [0.15, 0.2) is 22.8 Å². The van der Waals surface area contributed by atoms with Crippen molar-refractivity contribution in [2.24, 2.45) is 5.73 Å². The zero-order valence-corrected chi connectivity index (χ0v) is 12.3. The predicted octanol–water partition coefficient (Wildman–Crippen LogP) is 3.69. The maximum Gasteiger partial charge on any atom is 0.389 e. The third kappa shape index (κ3) is 4.74. The number of furan rings is 1. The van der Waals surface area contributed by atoms with E-state index in [2.05, 4.69) is 4.90 Å². The summed E-state index contributed by atoms with van der Waals surface area (Å²) in [5.74, 6) is 0.831. The molecule has 1 aliphatic carbocycles. The summed E-state index contributed by atoms with van der Waals surface area (Å²) in [6, 6.07) is 4.13. The number of hydrogen-bond donors (Lipinski definition) is 1. The molecule has 1 saturated carbocycles. The van der Waals surface area contributed by atoms with Crippen molar-refractivity contribution in [3.63, 3.8) is 0 Å². The van der Waals surface area contributed by atoms with E-state index in [1.54, 1.807) is 6.26 Å². The van der Waals surface area contributed by atoms with E-state index >= 15 is 0 Å². The van der Waals surface area contributed by atoms with Crippen LogP contribution < -0.4 is 5.73 Å². The second kappa shape index (κ2) is 6.40. The first-order valence-electron chi connectivity index (χ1n) is 7.40. The van der Waals surface area contributed by atoms with Gasteiger partial charge < -0.3 is 10.2 Å². The van der Waals surface area contributed by atoms with Crippen molar-refractivity contribution in [3.8, 4) is 0 Å². The van der Waals surface area contributed by atoms with Crippen LogP contribution in [0.4, 0.5) is 13.2 Å². The van der Waals surface area contributed by atoms with Crippen LogP contribution >= 0.6 is 0 Å². The third-order valence-electron chi connectivity index (χ3n) is 4.20.